The highest BCUT2D eigenvalue weighted by Crippen LogP contribution is 2.25. The Morgan fingerprint density at radius 3 is 2.81 bits per heavy atom. The molecule has 0 radical (unpaired) electrons. The molecule has 1 fully saturated rings. The molecule has 2 unspecified atom stereocenters. The summed E-state index contributed by atoms with van der Waals surface area (Å²) >= 11 is 6.05. The molecule has 0 spiro atoms. The number of benzene rings is 1. The molecule has 0 aliphatic carbocycles. The molecule has 21 heavy (non-hydrogen) atoms. The van der Waals surface area contributed by atoms with Crippen LogP contribution in [-0.2, 0) is 14.3 Å². The van der Waals surface area contributed by atoms with Gasteiger partial charge in [-0.05, 0) is 25.2 Å². The SMILES string of the molecule is CNC1COCC1C(=O)Nc1cc(C(=O)OC)ccc1Cl. The summed E-state index contributed by atoms with van der Waals surface area (Å²) in [5.74, 6) is -0.983. The second kappa shape index (κ2) is 6.89. The van der Waals surface area contributed by atoms with E-state index in [4.69, 9.17) is 16.3 Å². The van der Waals surface area contributed by atoms with Gasteiger partial charge in [0.05, 0.1) is 42.5 Å². The molecule has 2 N–H and O–H groups in total. The van der Waals surface area contributed by atoms with Crippen molar-refractivity contribution in [1.82, 2.24) is 5.32 Å². The zero-order valence-electron chi connectivity index (χ0n) is 11.8. The lowest BCUT2D eigenvalue weighted by atomic mass is 10.0. The minimum Gasteiger partial charge on any atom is -0.465 e. The molecule has 1 amide bonds. The third-order valence-corrected chi connectivity index (χ3v) is 3.76. The van der Waals surface area contributed by atoms with Crippen LogP contribution in [0, 0.1) is 5.92 Å². The van der Waals surface area contributed by atoms with Crippen molar-refractivity contribution in [2.45, 2.75) is 6.04 Å². The molecular formula is C14H17ClN2O4. The quantitative estimate of drug-likeness (QED) is 0.820. The molecule has 0 bridgehead atoms. The highest BCUT2D eigenvalue weighted by Gasteiger charge is 2.33. The van der Waals surface area contributed by atoms with Gasteiger partial charge < -0.3 is 20.1 Å². The number of carbonyl (C=O) groups excluding carboxylic acids is 2. The van der Waals surface area contributed by atoms with Crippen molar-refractivity contribution in [2.75, 3.05) is 32.7 Å². The number of likely N-dealkylation sites (N-methyl/N-ethyl adjacent to an activating group) is 1. The molecular weight excluding hydrogens is 296 g/mol. The van der Waals surface area contributed by atoms with E-state index in [-0.39, 0.29) is 17.9 Å². The van der Waals surface area contributed by atoms with E-state index >= 15 is 0 Å². The number of hydrogen-bond donors (Lipinski definition) is 2. The highest BCUT2D eigenvalue weighted by atomic mass is 35.5. The van der Waals surface area contributed by atoms with Crippen LogP contribution < -0.4 is 10.6 Å². The largest absolute Gasteiger partial charge is 0.465 e. The zero-order valence-corrected chi connectivity index (χ0v) is 12.6. The fraction of sp³-hybridized carbons (Fsp3) is 0.429. The third kappa shape index (κ3) is 3.53. The lowest BCUT2D eigenvalue weighted by molar-refractivity contribution is -0.120. The minimum absolute atomic E-state index is 0.0347. The maximum atomic E-state index is 12.3. The van der Waals surface area contributed by atoms with Gasteiger partial charge in [0.1, 0.15) is 0 Å². The number of esters is 1. The number of rotatable bonds is 4. The lowest BCUT2D eigenvalue weighted by Gasteiger charge is -2.17. The smallest absolute Gasteiger partial charge is 0.337 e. The molecule has 1 heterocycles. The Hall–Kier alpha value is -1.63. The van der Waals surface area contributed by atoms with Gasteiger partial charge in [0, 0.05) is 6.04 Å². The molecule has 0 aromatic heterocycles. The van der Waals surface area contributed by atoms with E-state index in [1.165, 1.54) is 13.2 Å². The topological polar surface area (TPSA) is 76.7 Å². The van der Waals surface area contributed by atoms with Gasteiger partial charge in [-0.15, -0.1) is 0 Å². The van der Waals surface area contributed by atoms with Crippen LogP contribution >= 0.6 is 11.6 Å². The summed E-state index contributed by atoms with van der Waals surface area (Å²) in [6, 6.07) is 4.55. The van der Waals surface area contributed by atoms with E-state index in [1.807, 2.05) is 0 Å². The van der Waals surface area contributed by atoms with Gasteiger partial charge in [0.2, 0.25) is 5.91 Å². The molecule has 1 aromatic rings. The number of amides is 1. The van der Waals surface area contributed by atoms with E-state index in [0.717, 1.165) is 0 Å². The summed E-state index contributed by atoms with van der Waals surface area (Å²) in [5.41, 5.74) is 0.705. The number of anilines is 1. The maximum Gasteiger partial charge on any atom is 0.337 e. The van der Waals surface area contributed by atoms with Gasteiger partial charge in [-0.1, -0.05) is 11.6 Å². The first-order valence-corrected chi connectivity index (χ1v) is 6.88. The molecule has 2 rings (SSSR count). The number of methoxy groups -OCH3 is 1. The molecule has 2 atom stereocenters. The van der Waals surface area contributed by atoms with Crippen molar-refractivity contribution in [2.24, 2.45) is 5.92 Å². The summed E-state index contributed by atoms with van der Waals surface area (Å²) in [6.07, 6.45) is 0. The standard InChI is InChI=1S/C14H17ClN2O4/c1-16-12-7-21-6-9(12)13(18)17-11-5-8(14(19)20-2)3-4-10(11)15/h3-5,9,12,16H,6-7H2,1-2H3,(H,17,18). The van der Waals surface area contributed by atoms with Gasteiger partial charge in [-0.25, -0.2) is 4.79 Å². The summed E-state index contributed by atoms with van der Waals surface area (Å²) < 4.78 is 9.94. The molecule has 1 aromatic carbocycles. The Bertz CT molecular complexity index is 550. The highest BCUT2D eigenvalue weighted by molar-refractivity contribution is 6.33. The van der Waals surface area contributed by atoms with Crippen molar-refractivity contribution < 1.29 is 19.1 Å². The third-order valence-electron chi connectivity index (χ3n) is 3.43. The van der Waals surface area contributed by atoms with Crippen LogP contribution in [0.5, 0.6) is 0 Å². The van der Waals surface area contributed by atoms with Crippen LogP contribution in [0.15, 0.2) is 18.2 Å². The molecule has 1 aliphatic rings. The summed E-state index contributed by atoms with van der Waals surface area (Å²) in [6.45, 7) is 0.843. The molecule has 7 heteroatoms. The number of nitrogens with one attached hydrogen (secondary N) is 2. The molecule has 114 valence electrons. The Morgan fingerprint density at radius 2 is 2.14 bits per heavy atom. The van der Waals surface area contributed by atoms with E-state index in [1.54, 1.807) is 19.2 Å². The van der Waals surface area contributed by atoms with Crippen molar-refractivity contribution in [1.29, 1.82) is 0 Å². The van der Waals surface area contributed by atoms with Gasteiger partial charge in [0.25, 0.3) is 0 Å². The van der Waals surface area contributed by atoms with Crippen molar-refractivity contribution in [3.05, 3.63) is 28.8 Å². The van der Waals surface area contributed by atoms with Crippen molar-refractivity contribution in [3.8, 4) is 0 Å². The van der Waals surface area contributed by atoms with E-state index in [2.05, 4.69) is 15.4 Å². The average molecular weight is 313 g/mol. The minimum atomic E-state index is -0.487. The number of hydrogen-bond acceptors (Lipinski definition) is 5. The van der Waals surface area contributed by atoms with Crippen LogP contribution in [0.2, 0.25) is 5.02 Å². The predicted molar refractivity (Wildman–Crippen MR) is 78.6 cm³/mol. The lowest BCUT2D eigenvalue weighted by Crippen LogP contribution is -2.39. The first kappa shape index (κ1) is 15.8. The number of ether oxygens (including phenoxy) is 2. The second-order valence-electron chi connectivity index (χ2n) is 4.71. The Balaban J connectivity index is 2.15. The maximum absolute atomic E-state index is 12.3. The summed E-state index contributed by atoms with van der Waals surface area (Å²) in [4.78, 5) is 23.8. The number of halogens is 1. The van der Waals surface area contributed by atoms with E-state index in [0.29, 0.717) is 29.5 Å². The molecule has 6 nitrogen and oxygen atoms in total. The van der Waals surface area contributed by atoms with Crippen LogP contribution in [0.4, 0.5) is 5.69 Å². The van der Waals surface area contributed by atoms with Gasteiger partial charge in [-0.3, -0.25) is 4.79 Å². The van der Waals surface area contributed by atoms with Crippen LogP contribution in [0.25, 0.3) is 0 Å². The first-order valence-electron chi connectivity index (χ1n) is 6.50. The van der Waals surface area contributed by atoms with Crippen molar-refractivity contribution in [3.63, 3.8) is 0 Å². The van der Waals surface area contributed by atoms with Crippen molar-refractivity contribution >= 4 is 29.2 Å². The molecule has 1 aliphatic heterocycles. The zero-order chi connectivity index (χ0) is 15.4. The van der Waals surface area contributed by atoms with Gasteiger partial charge in [0.15, 0.2) is 0 Å². The fourth-order valence-electron chi connectivity index (χ4n) is 2.19. The predicted octanol–water partition coefficient (Wildman–Crippen LogP) is 1.30. The van der Waals surface area contributed by atoms with Crippen LogP contribution in [0.3, 0.4) is 0 Å². The fourth-order valence-corrected chi connectivity index (χ4v) is 2.35. The van der Waals surface area contributed by atoms with Crippen LogP contribution in [-0.4, -0.2) is 45.3 Å². The average Bonchev–Trinajstić information content (AvgIpc) is 2.97. The van der Waals surface area contributed by atoms with Crippen LogP contribution in [0.1, 0.15) is 10.4 Å². The Morgan fingerprint density at radius 1 is 1.38 bits per heavy atom. The molecule has 0 saturated carbocycles. The summed E-state index contributed by atoms with van der Waals surface area (Å²) in [7, 11) is 3.08. The molecule has 1 saturated heterocycles. The normalized spacial score (nSPS) is 21.1. The first-order chi connectivity index (χ1) is 10.1. The van der Waals surface area contributed by atoms with Gasteiger partial charge in [-0.2, -0.15) is 0 Å². The summed E-state index contributed by atoms with van der Waals surface area (Å²) in [5, 5.41) is 6.14. The van der Waals surface area contributed by atoms with E-state index in [9.17, 15) is 9.59 Å². The Labute approximate surface area is 127 Å². The van der Waals surface area contributed by atoms with E-state index < -0.39 is 5.97 Å². The number of carbonyl (C=O) groups is 2. The monoisotopic (exact) mass is 312 g/mol. The Kier molecular flexibility index (Phi) is 5.17. The second-order valence-corrected chi connectivity index (χ2v) is 5.12. The van der Waals surface area contributed by atoms with Gasteiger partial charge >= 0.3 is 5.97 Å².